The number of nitrogens with zero attached hydrogens (tertiary/aromatic N) is 1. The van der Waals surface area contributed by atoms with E-state index < -0.39 is 28.7 Å². The molecule has 1 aromatic heterocycles. The van der Waals surface area contributed by atoms with Gasteiger partial charge in [-0.3, -0.25) is 9.59 Å². The maximum absolute atomic E-state index is 12.3. The number of nitriles is 1. The van der Waals surface area contributed by atoms with Crippen LogP contribution >= 0.6 is 0 Å². The molecule has 0 bridgehead atoms. The van der Waals surface area contributed by atoms with Crippen molar-refractivity contribution in [2.24, 2.45) is 0 Å². The standard InChI is InChI=1S/C8H4F2N2O2/c9-7(10)5-2-12-8(14)6(3-13)4(5)1-11/h2-3,7H,(H,12,14). The van der Waals surface area contributed by atoms with E-state index in [1.807, 2.05) is 4.98 Å². The van der Waals surface area contributed by atoms with E-state index in [2.05, 4.69) is 0 Å². The summed E-state index contributed by atoms with van der Waals surface area (Å²) in [4.78, 5) is 23.2. The summed E-state index contributed by atoms with van der Waals surface area (Å²) >= 11 is 0. The fourth-order valence-electron chi connectivity index (χ4n) is 0.972. The number of rotatable bonds is 2. The number of halogens is 2. The lowest BCUT2D eigenvalue weighted by Crippen LogP contribution is -2.15. The highest BCUT2D eigenvalue weighted by atomic mass is 19.3. The molecule has 0 unspecified atom stereocenters. The van der Waals surface area contributed by atoms with Crippen molar-refractivity contribution in [1.29, 1.82) is 5.26 Å². The number of aromatic amines is 1. The highest BCUT2D eigenvalue weighted by molar-refractivity contribution is 5.79. The van der Waals surface area contributed by atoms with Gasteiger partial charge in [-0.1, -0.05) is 0 Å². The first-order valence-corrected chi connectivity index (χ1v) is 3.50. The second-order valence-electron chi connectivity index (χ2n) is 2.39. The van der Waals surface area contributed by atoms with Gasteiger partial charge in [0.15, 0.2) is 6.29 Å². The van der Waals surface area contributed by atoms with E-state index in [0.29, 0.717) is 0 Å². The lowest BCUT2D eigenvalue weighted by molar-refractivity contribution is 0.112. The number of carbonyl (C=O) groups is 1. The third-order valence-electron chi connectivity index (χ3n) is 1.63. The Kier molecular flexibility index (Phi) is 2.72. The molecular weight excluding hydrogens is 194 g/mol. The van der Waals surface area contributed by atoms with E-state index in [0.717, 1.165) is 6.20 Å². The molecule has 0 radical (unpaired) electrons. The van der Waals surface area contributed by atoms with Gasteiger partial charge < -0.3 is 4.98 Å². The number of alkyl halides is 2. The highest BCUT2D eigenvalue weighted by Gasteiger charge is 2.18. The first-order chi connectivity index (χ1) is 6.61. The summed E-state index contributed by atoms with van der Waals surface area (Å²) in [6, 6.07) is 1.41. The van der Waals surface area contributed by atoms with Crippen molar-refractivity contribution >= 4 is 6.29 Å². The van der Waals surface area contributed by atoms with Crippen molar-refractivity contribution in [3.05, 3.63) is 33.2 Å². The zero-order valence-electron chi connectivity index (χ0n) is 6.75. The van der Waals surface area contributed by atoms with Crippen LogP contribution in [0.25, 0.3) is 0 Å². The van der Waals surface area contributed by atoms with Gasteiger partial charge in [-0.2, -0.15) is 5.26 Å². The van der Waals surface area contributed by atoms with Crippen LogP contribution in [0, 0.1) is 11.3 Å². The van der Waals surface area contributed by atoms with Crippen LogP contribution in [0.5, 0.6) is 0 Å². The Balaban J connectivity index is 3.59. The molecule has 1 heterocycles. The summed E-state index contributed by atoms with van der Waals surface area (Å²) in [5.41, 5.74) is -2.63. The molecule has 0 spiro atoms. The number of hydrogen-bond acceptors (Lipinski definition) is 3. The largest absolute Gasteiger partial charge is 0.328 e. The molecule has 14 heavy (non-hydrogen) atoms. The van der Waals surface area contributed by atoms with Crippen molar-refractivity contribution in [2.75, 3.05) is 0 Å². The number of hydrogen-bond donors (Lipinski definition) is 1. The predicted molar refractivity (Wildman–Crippen MR) is 42.1 cm³/mol. The molecule has 0 aromatic carbocycles. The molecule has 1 aromatic rings. The second-order valence-corrected chi connectivity index (χ2v) is 2.39. The van der Waals surface area contributed by atoms with Crippen molar-refractivity contribution in [2.45, 2.75) is 6.43 Å². The van der Waals surface area contributed by atoms with E-state index in [9.17, 15) is 18.4 Å². The second kappa shape index (κ2) is 3.79. The lowest BCUT2D eigenvalue weighted by atomic mass is 10.1. The molecule has 0 saturated heterocycles. The number of aromatic nitrogens is 1. The van der Waals surface area contributed by atoms with Crippen molar-refractivity contribution in [3.8, 4) is 6.07 Å². The average Bonchev–Trinajstić information content (AvgIpc) is 2.16. The first kappa shape index (κ1) is 10.1. The number of nitrogens with one attached hydrogen (secondary N) is 1. The maximum Gasteiger partial charge on any atom is 0.266 e. The van der Waals surface area contributed by atoms with Crippen LogP contribution in [0.1, 0.15) is 27.9 Å². The zero-order valence-corrected chi connectivity index (χ0v) is 6.75. The van der Waals surface area contributed by atoms with Gasteiger partial charge in [0, 0.05) is 6.20 Å². The Morgan fingerprint density at radius 1 is 1.57 bits per heavy atom. The van der Waals surface area contributed by atoms with Crippen LogP contribution in [-0.2, 0) is 0 Å². The van der Waals surface area contributed by atoms with E-state index in [-0.39, 0.29) is 6.29 Å². The van der Waals surface area contributed by atoms with Gasteiger partial charge in [0.25, 0.3) is 12.0 Å². The number of H-pyrrole nitrogens is 1. The van der Waals surface area contributed by atoms with Gasteiger partial charge >= 0.3 is 0 Å². The van der Waals surface area contributed by atoms with Gasteiger partial charge in [-0.05, 0) is 0 Å². The monoisotopic (exact) mass is 198 g/mol. The third-order valence-corrected chi connectivity index (χ3v) is 1.63. The Hall–Kier alpha value is -2.03. The van der Waals surface area contributed by atoms with Crippen LogP contribution in [-0.4, -0.2) is 11.3 Å². The molecule has 1 rings (SSSR count). The molecule has 0 amide bonds. The lowest BCUT2D eigenvalue weighted by Gasteiger charge is -2.02. The van der Waals surface area contributed by atoms with Crippen LogP contribution < -0.4 is 5.56 Å². The summed E-state index contributed by atoms with van der Waals surface area (Å²) in [5.74, 6) is 0. The molecule has 0 saturated carbocycles. The molecule has 0 aliphatic rings. The Labute approximate surface area is 76.8 Å². The molecule has 0 aliphatic carbocycles. The minimum Gasteiger partial charge on any atom is -0.328 e. The van der Waals surface area contributed by atoms with Crippen LogP contribution in [0.3, 0.4) is 0 Å². The first-order valence-electron chi connectivity index (χ1n) is 3.50. The number of carbonyl (C=O) groups excluding carboxylic acids is 1. The maximum atomic E-state index is 12.3. The molecule has 0 aliphatic heterocycles. The Morgan fingerprint density at radius 3 is 2.64 bits per heavy atom. The van der Waals surface area contributed by atoms with E-state index in [1.165, 1.54) is 6.07 Å². The molecule has 0 atom stereocenters. The summed E-state index contributed by atoms with van der Waals surface area (Å²) < 4.78 is 24.5. The Bertz CT molecular complexity index is 459. The molecule has 1 N–H and O–H groups in total. The van der Waals surface area contributed by atoms with Gasteiger partial charge in [0.05, 0.1) is 16.7 Å². The highest BCUT2D eigenvalue weighted by Crippen LogP contribution is 2.21. The molecule has 0 fully saturated rings. The topological polar surface area (TPSA) is 73.7 Å². The van der Waals surface area contributed by atoms with Crippen LogP contribution in [0.4, 0.5) is 8.78 Å². The number of aldehydes is 1. The molecular formula is C8H4F2N2O2. The van der Waals surface area contributed by atoms with Crippen molar-refractivity contribution in [3.63, 3.8) is 0 Å². The van der Waals surface area contributed by atoms with E-state index >= 15 is 0 Å². The zero-order chi connectivity index (χ0) is 10.7. The molecule has 72 valence electrons. The normalized spacial score (nSPS) is 9.86. The summed E-state index contributed by atoms with van der Waals surface area (Å²) in [5, 5.41) is 8.51. The average molecular weight is 198 g/mol. The fraction of sp³-hybridized carbons (Fsp3) is 0.125. The van der Waals surface area contributed by atoms with Crippen LogP contribution in [0.2, 0.25) is 0 Å². The quantitative estimate of drug-likeness (QED) is 0.720. The summed E-state index contributed by atoms with van der Waals surface area (Å²) in [6.07, 6.45) is -2.08. The van der Waals surface area contributed by atoms with E-state index in [4.69, 9.17) is 5.26 Å². The Morgan fingerprint density at radius 2 is 2.21 bits per heavy atom. The SMILES string of the molecule is N#Cc1c(C(F)F)c[nH]c(=O)c1C=O. The van der Waals surface area contributed by atoms with Gasteiger partial charge in [0.2, 0.25) is 0 Å². The number of pyridine rings is 1. The fourth-order valence-corrected chi connectivity index (χ4v) is 0.972. The third kappa shape index (κ3) is 1.52. The van der Waals surface area contributed by atoms with Crippen LogP contribution in [0.15, 0.2) is 11.0 Å². The molecule has 4 nitrogen and oxygen atoms in total. The van der Waals surface area contributed by atoms with Gasteiger partial charge in [0.1, 0.15) is 6.07 Å². The minimum absolute atomic E-state index is 0.0866. The van der Waals surface area contributed by atoms with Gasteiger partial charge in [-0.15, -0.1) is 0 Å². The summed E-state index contributed by atoms with van der Waals surface area (Å²) in [7, 11) is 0. The molecule has 6 heteroatoms. The predicted octanol–water partition coefficient (Wildman–Crippen LogP) is 0.997. The van der Waals surface area contributed by atoms with Gasteiger partial charge in [-0.25, -0.2) is 8.78 Å². The smallest absolute Gasteiger partial charge is 0.266 e. The van der Waals surface area contributed by atoms with E-state index in [1.54, 1.807) is 0 Å². The van der Waals surface area contributed by atoms with Crippen molar-refractivity contribution < 1.29 is 13.6 Å². The summed E-state index contributed by atoms with van der Waals surface area (Å²) in [6.45, 7) is 0. The minimum atomic E-state index is -2.90. The van der Waals surface area contributed by atoms with Crippen molar-refractivity contribution in [1.82, 2.24) is 4.98 Å².